The lowest BCUT2D eigenvalue weighted by Gasteiger charge is -2.24. The molecule has 5 atom stereocenters. The van der Waals surface area contributed by atoms with Gasteiger partial charge in [0.05, 0.1) is 13.2 Å². The van der Waals surface area contributed by atoms with Crippen LogP contribution in [-0.4, -0.2) is 61.5 Å². The Kier molecular flexibility index (Phi) is 15.1. The molecule has 42 heavy (non-hydrogen) atoms. The van der Waals surface area contributed by atoms with Gasteiger partial charge in [-0.05, 0) is 70.6 Å². The molecule has 0 aliphatic rings. The number of ether oxygens (including phenoxy) is 7. The molecule has 1 rings (SSSR count). The molecule has 0 saturated heterocycles. The first-order chi connectivity index (χ1) is 19.5. The molecule has 0 spiro atoms. The number of hydrogen-bond donors (Lipinski definition) is 1. The molecular formula is C30H47NO11. The van der Waals surface area contributed by atoms with E-state index in [0.717, 1.165) is 12.8 Å². The van der Waals surface area contributed by atoms with Gasteiger partial charge in [0.2, 0.25) is 0 Å². The van der Waals surface area contributed by atoms with Gasteiger partial charge in [-0.1, -0.05) is 46.6 Å². The zero-order valence-corrected chi connectivity index (χ0v) is 26.2. The largest absolute Gasteiger partial charge is 0.513 e. The number of carbonyl (C=O) groups is 4. The summed E-state index contributed by atoms with van der Waals surface area (Å²) in [6.45, 7) is 16.3. The second kappa shape index (κ2) is 17.4. The van der Waals surface area contributed by atoms with Crippen LogP contribution in [0.3, 0.4) is 0 Å². The van der Waals surface area contributed by atoms with Crippen LogP contribution in [0, 0.1) is 11.8 Å². The van der Waals surface area contributed by atoms with Crippen LogP contribution < -0.4 is 15.2 Å². The number of rotatable bonds is 14. The van der Waals surface area contributed by atoms with E-state index in [1.54, 1.807) is 40.7 Å². The summed E-state index contributed by atoms with van der Waals surface area (Å²) in [7, 11) is 0. The number of esters is 1. The molecule has 1 aromatic carbocycles. The van der Waals surface area contributed by atoms with Crippen molar-refractivity contribution < 1.29 is 52.3 Å². The number of hydrogen-bond acceptors (Lipinski definition) is 12. The molecule has 238 valence electrons. The average Bonchev–Trinajstić information content (AvgIpc) is 2.90. The van der Waals surface area contributed by atoms with E-state index in [1.807, 2.05) is 27.7 Å². The van der Waals surface area contributed by atoms with Crippen molar-refractivity contribution in [3.8, 4) is 11.5 Å². The summed E-state index contributed by atoms with van der Waals surface area (Å²) >= 11 is 0. The van der Waals surface area contributed by atoms with E-state index in [2.05, 4.69) is 0 Å². The Labute approximate surface area is 248 Å². The van der Waals surface area contributed by atoms with Crippen molar-refractivity contribution in [3.63, 3.8) is 0 Å². The highest BCUT2D eigenvalue weighted by molar-refractivity contribution is 5.76. The first-order valence-electron chi connectivity index (χ1n) is 14.2. The molecule has 0 radical (unpaired) electrons. The maximum Gasteiger partial charge on any atom is 0.513 e. The predicted molar refractivity (Wildman–Crippen MR) is 153 cm³/mol. The quantitative estimate of drug-likeness (QED) is 0.153. The third kappa shape index (κ3) is 14.4. The standard InChI is InChI=1S/C30H47NO11/c1-10-18(3)16-36-27(33)40-24-13-12-22(15-25(24)41-28(34)37-17-19(4)11-2)14-23(31)26(32)38-20(5)21(6)39-29(35)42-30(7,8)9/h12-13,15,18-21,23H,10-11,14,16-17,31H2,1-9H3/t18?,19?,20-,21-,23-/m0/s1. The molecule has 0 heterocycles. The SMILES string of the molecule is CCC(C)COC(=O)Oc1ccc(C[C@H](N)C(=O)O[C@@H](C)[C@H](C)OC(=O)OC(C)(C)C)cc1OC(=O)OCC(C)CC. The lowest BCUT2D eigenvalue weighted by atomic mass is 10.1. The fourth-order valence-electron chi connectivity index (χ4n) is 2.96. The van der Waals surface area contributed by atoms with Gasteiger partial charge in [0, 0.05) is 0 Å². The predicted octanol–water partition coefficient (Wildman–Crippen LogP) is 5.95. The molecule has 0 aromatic heterocycles. The van der Waals surface area contributed by atoms with Crippen LogP contribution in [0.5, 0.6) is 11.5 Å². The lowest BCUT2D eigenvalue weighted by Crippen LogP contribution is -2.40. The summed E-state index contributed by atoms with van der Waals surface area (Å²) in [6.07, 6.45) is -2.83. The molecule has 0 aliphatic carbocycles. The van der Waals surface area contributed by atoms with Crippen molar-refractivity contribution in [1.82, 2.24) is 0 Å². The molecule has 0 amide bonds. The Morgan fingerprint density at radius 1 is 0.762 bits per heavy atom. The van der Waals surface area contributed by atoms with Crippen LogP contribution in [0.1, 0.15) is 80.7 Å². The fourth-order valence-corrected chi connectivity index (χ4v) is 2.96. The van der Waals surface area contributed by atoms with Gasteiger partial charge in [0.25, 0.3) is 0 Å². The topological polar surface area (TPSA) is 159 Å². The van der Waals surface area contributed by atoms with Gasteiger partial charge in [0.1, 0.15) is 23.9 Å². The summed E-state index contributed by atoms with van der Waals surface area (Å²) in [6, 6.07) is 3.25. The van der Waals surface area contributed by atoms with Crippen molar-refractivity contribution in [2.45, 2.75) is 105 Å². The Hall–Kier alpha value is -3.54. The van der Waals surface area contributed by atoms with Gasteiger partial charge in [-0.25, -0.2) is 14.4 Å². The van der Waals surface area contributed by atoms with E-state index in [4.69, 9.17) is 38.9 Å². The summed E-state index contributed by atoms with van der Waals surface area (Å²) in [5.74, 6) is -0.672. The van der Waals surface area contributed by atoms with Gasteiger partial charge in [-0.15, -0.1) is 0 Å². The number of nitrogens with two attached hydrogens (primary N) is 1. The second-order valence-electron chi connectivity index (χ2n) is 11.4. The van der Waals surface area contributed by atoms with Crippen LogP contribution in [0.2, 0.25) is 0 Å². The summed E-state index contributed by atoms with van der Waals surface area (Å²) in [4.78, 5) is 49.2. The van der Waals surface area contributed by atoms with Crippen LogP contribution in [-0.2, 0) is 34.9 Å². The minimum Gasteiger partial charge on any atom is -0.458 e. The monoisotopic (exact) mass is 597 g/mol. The summed E-state index contributed by atoms with van der Waals surface area (Å²) in [5.41, 5.74) is 5.83. The highest BCUT2D eigenvalue weighted by Crippen LogP contribution is 2.30. The first kappa shape index (κ1) is 36.5. The van der Waals surface area contributed by atoms with Crippen molar-refractivity contribution in [2.75, 3.05) is 13.2 Å². The Morgan fingerprint density at radius 3 is 1.76 bits per heavy atom. The minimum atomic E-state index is -1.11. The Morgan fingerprint density at radius 2 is 1.26 bits per heavy atom. The second-order valence-corrected chi connectivity index (χ2v) is 11.4. The molecule has 0 saturated carbocycles. The molecule has 0 aliphatic heterocycles. The van der Waals surface area contributed by atoms with E-state index < -0.39 is 48.3 Å². The van der Waals surface area contributed by atoms with E-state index >= 15 is 0 Å². The molecule has 12 nitrogen and oxygen atoms in total. The van der Waals surface area contributed by atoms with E-state index in [0.29, 0.717) is 5.56 Å². The van der Waals surface area contributed by atoms with E-state index in [1.165, 1.54) is 12.1 Å². The Balaban J connectivity index is 2.94. The smallest absolute Gasteiger partial charge is 0.458 e. The molecule has 0 bridgehead atoms. The molecule has 2 N–H and O–H groups in total. The fraction of sp³-hybridized carbons (Fsp3) is 0.667. The van der Waals surface area contributed by atoms with E-state index in [-0.39, 0.29) is 43.0 Å². The Bertz CT molecular complexity index is 1040. The van der Waals surface area contributed by atoms with Gasteiger partial charge in [0.15, 0.2) is 11.5 Å². The van der Waals surface area contributed by atoms with Crippen LogP contribution >= 0.6 is 0 Å². The van der Waals surface area contributed by atoms with Crippen LogP contribution in [0.25, 0.3) is 0 Å². The van der Waals surface area contributed by atoms with Gasteiger partial charge >= 0.3 is 24.4 Å². The number of benzene rings is 1. The molecule has 0 fully saturated rings. The molecular weight excluding hydrogens is 550 g/mol. The maximum atomic E-state index is 12.7. The van der Waals surface area contributed by atoms with Gasteiger partial charge < -0.3 is 38.9 Å². The first-order valence-corrected chi connectivity index (χ1v) is 14.2. The highest BCUT2D eigenvalue weighted by atomic mass is 16.8. The van der Waals surface area contributed by atoms with Crippen molar-refractivity contribution in [3.05, 3.63) is 23.8 Å². The van der Waals surface area contributed by atoms with Crippen molar-refractivity contribution >= 4 is 24.4 Å². The molecule has 1 aromatic rings. The average molecular weight is 598 g/mol. The zero-order chi connectivity index (χ0) is 32.0. The summed E-state index contributed by atoms with van der Waals surface area (Å²) < 4.78 is 36.5. The van der Waals surface area contributed by atoms with Crippen LogP contribution in [0.4, 0.5) is 14.4 Å². The molecule has 12 heteroatoms. The van der Waals surface area contributed by atoms with Crippen molar-refractivity contribution in [1.29, 1.82) is 0 Å². The summed E-state index contributed by atoms with van der Waals surface area (Å²) in [5, 5.41) is 0. The van der Waals surface area contributed by atoms with Crippen LogP contribution in [0.15, 0.2) is 18.2 Å². The maximum absolute atomic E-state index is 12.7. The number of carbonyl (C=O) groups excluding carboxylic acids is 4. The van der Waals surface area contributed by atoms with E-state index in [9.17, 15) is 19.2 Å². The van der Waals surface area contributed by atoms with Crippen molar-refractivity contribution in [2.24, 2.45) is 17.6 Å². The molecule has 2 unspecified atom stereocenters. The minimum absolute atomic E-state index is 0.0100. The third-order valence-electron chi connectivity index (χ3n) is 6.15. The normalized spacial score (nSPS) is 14.8. The highest BCUT2D eigenvalue weighted by Gasteiger charge is 2.27. The van der Waals surface area contributed by atoms with Gasteiger partial charge in [-0.3, -0.25) is 4.79 Å². The van der Waals surface area contributed by atoms with Gasteiger partial charge in [-0.2, -0.15) is 0 Å². The lowest BCUT2D eigenvalue weighted by molar-refractivity contribution is -0.156. The zero-order valence-electron chi connectivity index (χ0n) is 26.2. The third-order valence-corrected chi connectivity index (χ3v) is 6.15.